The van der Waals surface area contributed by atoms with Crippen molar-refractivity contribution in [2.45, 2.75) is 58.8 Å². The van der Waals surface area contributed by atoms with E-state index in [9.17, 15) is 14.4 Å². The lowest BCUT2D eigenvalue weighted by Gasteiger charge is -2.24. The average Bonchev–Trinajstić information content (AvgIpc) is 3.51. The normalized spacial score (nSPS) is 16.4. The number of hydrogen-bond donors (Lipinski definition) is 2. The lowest BCUT2D eigenvalue weighted by Crippen LogP contribution is -2.50. The van der Waals surface area contributed by atoms with Crippen molar-refractivity contribution in [1.82, 2.24) is 19.8 Å². The van der Waals surface area contributed by atoms with Gasteiger partial charge in [-0.15, -0.1) is 0 Å². The molecule has 1 aromatic carbocycles. The standard InChI is InChI=1S/C26H37N5O6/c1-26(2,3)25(34)28-21(17-36-15-19-9-6-5-7-10-19)24(33)29-22-13-30(18-27-22)14-23(32)31-12-8-11-20(31)16-37-35-4/h5-7,9-10,13,18,20-21H,8,11-12,14-17H2,1-4H3,(H,28,34)(H,29,33)/t20?,21-/m1/s1. The zero-order valence-electron chi connectivity index (χ0n) is 21.9. The van der Waals surface area contributed by atoms with Crippen LogP contribution in [0.3, 0.4) is 0 Å². The van der Waals surface area contributed by atoms with Crippen LogP contribution in [-0.4, -0.2) is 71.1 Å². The molecule has 0 saturated carbocycles. The Hall–Kier alpha value is -3.28. The fraction of sp³-hybridized carbons (Fsp3) is 0.538. The molecule has 1 aromatic heterocycles. The fourth-order valence-corrected chi connectivity index (χ4v) is 3.88. The van der Waals surface area contributed by atoms with Crippen LogP contribution in [0.25, 0.3) is 0 Å². The van der Waals surface area contributed by atoms with Crippen LogP contribution in [0.5, 0.6) is 0 Å². The molecule has 0 bridgehead atoms. The van der Waals surface area contributed by atoms with Crippen molar-refractivity contribution in [3.05, 3.63) is 48.4 Å². The highest BCUT2D eigenvalue weighted by atomic mass is 17.2. The third-order valence-corrected chi connectivity index (χ3v) is 5.98. The Kier molecular flexibility index (Phi) is 10.2. The molecule has 1 aliphatic rings. The van der Waals surface area contributed by atoms with Crippen molar-refractivity contribution in [3.63, 3.8) is 0 Å². The molecule has 37 heavy (non-hydrogen) atoms. The molecule has 202 valence electrons. The first kappa shape index (κ1) is 28.3. The van der Waals surface area contributed by atoms with Crippen LogP contribution in [0, 0.1) is 5.41 Å². The van der Waals surface area contributed by atoms with E-state index in [0.29, 0.717) is 19.8 Å². The lowest BCUT2D eigenvalue weighted by atomic mass is 9.95. The van der Waals surface area contributed by atoms with Crippen molar-refractivity contribution in [3.8, 4) is 0 Å². The number of benzene rings is 1. The quantitative estimate of drug-likeness (QED) is 0.328. The molecule has 3 amide bonds. The molecule has 11 nitrogen and oxygen atoms in total. The summed E-state index contributed by atoms with van der Waals surface area (Å²) in [6, 6.07) is 8.62. The number of hydrogen-bond acceptors (Lipinski definition) is 7. The van der Waals surface area contributed by atoms with E-state index in [4.69, 9.17) is 9.62 Å². The summed E-state index contributed by atoms with van der Waals surface area (Å²) < 4.78 is 7.35. The number of nitrogens with zero attached hydrogens (tertiary/aromatic N) is 3. The highest BCUT2D eigenvalue weighted by Crippen LogP contribution is 2.19. The number of aromatic nitrogens is 2. The first-order valence-corrected chi connectivity index (χ1v) is 12.4. The molecule has 1 fully saturated rings. The molecular formula is C26H37N5O6. The molecule has 2 N–H and O–H groups in total. The van der Waals surface area contributed by atoms with Crippen LogP contribution in [-0.2, 0) is 42.0 Å². The second-order valence-electron chi connectivity index (χ2n) is 10.0. The van der Waals surface area contributed by atoms with Gasteiger partial charge in [0, 0.05) is 18.2 Å². The molecule has 2 heterocycles. The van der Waals surface area contributed by atoms with Crippen LogP contribution in [0.4, 0.5) is 5.82 Å². The maximum absolute atomic E-state index is 13.0. The molecular weight excluding hydrogens is 478 g/mol. The predicted octanol–water partition coefficient (Wildman–Crippen LogP) is 2.14. The van der Waals surface area contributed by atoms with Gasteiger partial charge in [-0.05, 0) is 18.4 Å². The fourth-order valence-electron chi connectivity index (χ4n) is 3.88. The highest BCUT2D eigenvalue weighted by molar-refractivity contribution is 5.97. The summed E-state index contributed by atoms with van der Waals surface area (Å²) in [6.07, 6.45) is 4.83. The van der Waals surface area contributed by atoms with Crippen molar-refractivity contribution >= 4 is 23.5 Å². The van der Waals surface area contributed by atoms with E-state index in [1.165, 1.54) is 13.4 Å². The van der Waals surface area contributed by atoms with Gasteiger partial charge in [0.15, 0.2) is 5.82 Å². The zero-order chi connectivity index (χ0) is 26.8. The second kappa shape index (κ2) is 13.3. The third kappa shape index (κ3) is 8.66. The SMILES string of the molecule is COOCC1CCCN1C(=O)Cn1cnc(NC(=O)[C@@H](COCc2ccccc2)NC(=O)C(C)(C)C)c1. The Labute approximate surface area is 217 Å². The number of imidazole rings is 1. The van der Waals surface area contributed by atoms with Gasteiger partial charge in [-0.25, -0.2) is 14.8 Å². The minimum atomic E-state index is -0.923. The van der Waals surface area contributed by atoms with Gasteiger partial charge < -0.3 is 24.8 Å². The summed E-state index contributed by atoms with van der Waals surface area (Å²) in [5.41, 5.74) is 0.281. The van der Waals surface area contributed by atoms with E-state index >= 15 is 0 Å². The van der Waals surface area contributed by atoms with E-state index in [1.807, 2.05) is 30.3 Å². The van der Waals surface area contributed by atoms with E-state index < -0.39 is 17.4 Å². The second-order valence-corrected chi connectivity index (χ2v) is 10.0. The summed E-state index contributed by atoms with van der Waals surface area (Å²) in [7, 11) is 1.44. The zero-order valence-corrected chi connectivity index (χ0v) is 21.9. The summed E-state index contributed by atoms with van der Waals surface area (Å²) in [4.78, 5) is 54.1. The summed E-state index contributed by atoms with van der Waals surface area (Å²) in [5, 5.41) is 5.49. The number of anilines is 1. The van der Waals surface area contributed by atoms with E-state index in [0.717, 1.165) is 18.4 Å². The lowest BCUT2D eigenvalue weighted by molar-refractivity contribution is -0.278. The Bertz CT molecular complexity index is 1040. The summed E-state index contributed by atoms with van der Waals surface area (Å²) in [6.45, 7) is 6.67. The molecule has 2 atom stereocenters. The number of nitrogens with one attached hydrogen (secondary N) is 2. The van der Waals surface area contributed by atoms with Crippen LogP contribution < -0.4 is 10.6 Å². The molecule has 2 aromatic rings. The monoisotopic (exact) mass is 515 g/mol. The number of amides is 3. The number of carbonyl (C=O) groups excluding carboxylic acids is 3. The highest BCUT2D eigenvalue weighted by Gasteiger charge is 2.30. The minimum Gasteiger partial charge on any atom is -0.374 e. The molecule has 3 rings (SSSR count). The maximum Gasteiger partial charge on any atom is 0.250 e. The third-order valence-electron chi connectivity index (χ3n) is 5.98. The van der Waals surface area contributed by atoms with Gasteiger partial charge in [-0.3, -0.25) is 14.4 Å². The largest absolute Gasteiger partial charge is 0.374 e. The van der Waals surface area contributed by atoms with Gasteiger partial charge in [0.1, 0.15) is 19.2 Å². The molecule has 11 heteroatoms. The van der Waals surface area contributed by atoms with Crippen LogP contribution in [0.1, 0.15) is 39.2 Å². The summed E-state index contributed by atoms with van der Waals surface area (Å²) >= 11 is 0. The number of ether oxygens (including phenoxy) is 1. The smallest absolute Gasteiger partial charge is 0.250 e. The Morgan fingerprint density at radius 1 is 1.19 bits per heavy atom. The van der Waals surface area contributed by atoms with E-state index in [1.54, 1.807) is 36.4 Å². The van der Waals surface area contributed by atoms with Gasteiger partial charge >= 0.3 is 0 Å². The molecule has 1 saturated heterocycles. The first-order chi connectivity index (χ1) is 17.7. The van der Waals surface area contributed by atoms with Crippen molar-refractivity contribution in [1.29, 1.82) is 0 Å². The van der Waals surface area contributed by atoms with Crippen LogP contribution in [0.2, 0.25) is 0 Å². The van der Waals surface area contributed by atoms with Gasteiger partial charge in [0.25, 0.3) is 5.91 Å². The average molecular weight is 516 g/mol. The number of likely N-dealkylation sites (tertiary alicyclic amines) is 1. The Morgan fingerprint density at radius 3 is 2.65 bits per heavy atom. The van der Waals surface area contributed by atoms with E-state index in [2.05, 4.69) is 20.5 Å². The molecule has 1 aliphatic heterocycles. The van der Waals surface area contributed by atoms with Crippen molar-refractivity contribution in [2.75, 3.05) is 32.2 Å². The topological polar surface area (TPSA) is 124 Å². The Balaban J connectivity index is 1.58. The molecule has 0 aliphatic carbocycles. The van der Waals surface area contributed by atoms with Crippen molar-refractivity contribution in [2.24, 2.45) is 5.41 Å². The summed E-state index contributed by atoms with van der Waals surface area (Å²) in [5.74, 6) is -0.526. The van der Waals surface area contributed by atoms with Gasteiger partial charge in [0.2, 0.25) is 11.8 Å². The van der Waals surface area contributed by atoms with Gasteiger partial charge in [0.05, 0.1) is 32.7 Å². The van der Waals surface area contributed by atoms with Gasteiger partial charge in [-0.1, -0.05) is 51.1 Å². The first-order valence-electron chi connectivity index (χ1n) is 12.4. The number of rotatable bonds is 12. The Morgan fingerprint density at radius 2 is 1.95 bits per heavy atom. The van der Waals surface area contributed by atoms with Crippen LogP contribution >= 0.6 is 0 Å². The van der Waals surface area contributed by atoms with E-state index in [-0.39, 0.29) is 36.8 Å². The van der Waals surface area contributed by atoms with Gasteiger partial charge in [-0.2, -0.15) is 0 Å². The number of carbonyl (C=O) groups is 3. The molecule has 0 radical (unpaired) electrons. The maximum atomic E-state index is 13.0. The predicted molar refractivity (Wildman–Crippen MR) is 136 cm³/mol. The van der Waals surface area contributed by atoms with Crippen molar-refractivity contribution < 1.29 is 28.9 Å². The molecule has 0 spiro atoms. The molecule has 1 unspecified atom stereocenters. The van der Waals surface area contributed by atoms with Crippen LogP contribution in [0.15, 0.2) is 42.9 Å². The minimum absolute atomic E-state index is 0.0123.